The minimum atomic E-state index is 0.399. The zero-order valence-electron chi connectivity index (χ0n) is 12.2. The number of rotatable bonds is 4. The number of ether oxygens (including phenoxy) is 1. The topological polar surface area (TPSA) is 91.8 Å². The second-order valence-corrected chi connectivity index (χ2v) is 4.86. The average molecular weight is 308 g/mol. The monoisotopic (exact) mass is 308 g/mol. The maximum atomic E-state index is 5.39. The Labute approximate surface area is 130 Å². The predicted octanol–water partition coefficient (Wildman–Crippen LogP) is 1.93. The summed E-state index contributed by atoms with van der Waals surface area (Å²) in [6.45, 7) is 0.399. The summed E-state index contributed by atoms with van der Waals surface area (Å²) in [4.78, 5) is 8.77. The Morgan fingerprint density at radius 3 is 3.00 bits per heavy atom. The van der Waals surface area contributed by atoms with Crippen molar-refractivity contribution in [2.45, 2.75) is 6.54 Å². The Kier molecular flexibility index (Phi) is 3.19. The summed E-state index contributed by atoms with van der Waals surface area (Å²) in [5.41, 5.74) is 1.64. The molecule has 8 nitrogen and oxygen atoms in total. The van der Waals surface area contributed by atoms with Gasteiger partial charge in [-0.3, -0.25) is 4.98 Å². The van der Waals surface area contributed by atoms with E-state index in [9.17, 15) is 0 Å². The molecule has 0 atom stereocenters. The van der Waals surface area contributed by atoms with Gasteiger partial charge in [0.15, 0.2) is 5.82 Å². The highest BCUT2D eigenvalue weighted by Crippen LogP contribution is 2.29. The molecule has 0 radical (unpaired) electrons. The van der Waals surface area contributed by atoms with Gasteiger partial charge < -0.3 is 9.26 Å². The van der Waals surface area contributed by atoms with Crippen molar-refractivity contribution in [3.8, 4) is 17.2 Å². The van der Waals surface area contributed by atoms with Crippen LogP contribution in [0.4, 0.5) is 0 Å². The Balaban J connectivity index is 1.75. The molecule has 3 aromatic heterocycles. The highest BCUT2D eigenvalue weighted by atomic mass is 16.5. The minimum Gasteiger partial charge on any atom is -0.497 e. The van der Waals surface area contributed by atoms with Crippen LogP contribution in [0.2, 0.25) is 0 Å². The van der Waals surface area contributed by atoms with Crippen molar-refractivity contribution in [2.75, 3.05) is 7.11 Å². The third-order valence-corrected chi connectivity index (χ3v) is 3.42. The molecule has 3 heterocycles. The van der Waals surface area contributed by atoms with Gasteiger partial charge in [0.05, 0.1) is 24.4 Å². The van der Waals surface area contributed by atoms with Crippen molar-refractivity contribution >= 4 is 10.9 Å². The zero-order valence-corrected chi connectivity index (χ0v) is 12.2. The van der Waals surface area contributed by atoms with Crippen molar-refractivity contribution in [3.05, 3.63) is 48.7 Å². The smallest absolute Gasteiger partial charge is 0.258 e. The normalized spacial score (nSPS) is 11.0. The number of benzene rings is 1. The molecular weight excluding hydrogens is 296 g/mol. The molecule has 0 bridgehead atoms. The third-order valence-electron chi connectivity index (χ3n) is 3.42. The molecule has 0 amide bonds. The van der Waals surface area contributed by atoms with Crippen LogP contribution in [0, 0.1) is 0 Å². The zero-order chi connectivity index (χ0) is 15.6. The fraction of sp³-hybridized carbons (Fsp3) is 0.133. The lowest BCUT2D eigenvalue weighted by molar-refractivity contribution is 0.415. The SMILES string of the molecule is COc1ccc2nccc(-c3nc(Cn4ccnn4)no3)c2c1. The lowest BCUT2D eigenvalue weighted by atomic mass is 10.1. The lowest BCUT2D eigenvalue weighted by Gasteiger charge is -2.04. The first-order chi connectivity index (χ1) is 11.3. The van der Waals surface area contributed by atoms with E-state index in [1.807, 2.05) is 24.3 Å². The summed E-state index contributed by atoms with van der Waals surface area (Å²) in [6, 6.07) is 7.50. The molecule has 0 saturated heterocycles. The van der Waals surface area contributed by atoms with Gasteiger partial charge in [0.2, 0.25) is 0 Å². The third kappa shape index (κ3) is 2.50. The molecule has 0 aliphatic rings. The van der Waals surface area contributed by atoms with Crippen molar-refractivity contribution in [1.29, 1.82) is 0 Å². The number of aromatic nitrogens is 6. The molecule has 0 aliphatic carbocycles. The van der Waals surface area contributed by atoms with Crippen molar-refractivity contribution in [3.63, 3.8) is 0 Å². The lowest BCUT2D eigenvalue weighted by Crippen LogP contribution is -2.02. The van der Waals surface area contributed by atoms with Gasteiger partial charge in [0.1, 0.15) is 12.3 Å². The van der Waals surface area contributed by atoms with Crippen LogP contribution in [0.5, 0.6) is 5.75 Å². The minimum absolute atomic E-state index is 0.399. The van der Waals surface area contributed by atoms with E-state index in [0.29, 0.717) is 18.3 Å². The number of nitrogens with zero attached hydrogens (tertiary/aromatic N) is 6. The van der Waals surface area contributed by atoms with E-state index in [-0.39, 0.29) is 0 Å². The van der Waals surface area contributed by atoms with Crippen molar-refractivity contribution in [2.24, 2.45) is 0 Å². The quantitative estimate of drug-likeness (QED) is 0.568. The van der Waals surface area contributed by atoms with Crippen LogP contribution in [0.1, 0.15) is 5.82 Å². The van der Waals surface area contributed by atoms with Gasteiger partial charge in [-0.1, -0.05) is 10.4 Å². The molecule has 8 heteroatoms. The summed E-state index contributed by atoms with van der Waals surface area (Å²) < 4.78 is 12.3. The summed E-state index contributed by atoms with van der Waals surface area (Å²) >= 11 is 0. The van der Waals surface area contributed by atoms with Gasteiger partial charge in [0, 0.05) is 17.8 Å². The number of hydrogen-bond acceptors (Lipinski definition) is 7. The molecule has 23 heavy (non-hydrogen) atoms. The molecular formula is C15H12N6O2. The highest BCUT2D eigenvalue weighted by molar-refractivity contribution is 5.93. The van der Waals surface area contributed by atoms with Gasteiger partial charge >= 0.3 is 0 Å². The summed E-state index contributed by atoms with van der Waals surface area (Å²) in [7, 11) is 1.63. The van der Waals surface area contributed by atoms with Crippen LogP contribution in [-0.4, -0.2) is 37.2 Å². The Morgan fingerprint density at radius 2 is 2.17 bits per heavy atom. The maximum absolute atomic E-state index is 5.39. The fourth-order valence-electron chi connectivity index (χ4n) is 2.33. The van der Waals surface area contributed by atoms with E-state index in [2.05, 4.69) is 25.4 Å². The first-order valence-corrected chi connectivity index (χ1v) is 6.93. The second kappa shape index (κ2) is 5.48. The first-order valence-electron chi connectivity index (χ1n) is 6.93. The molecule has 4 aromatic rings. The van der Waals surface area contributed by atoms with Gasteiger partial charge in [-0.2, -0.15) is 4.98 Å². The first kappa shape index (κ1) is 13.4. The summed E-state index contributed by atoms with van der Waals surface area (Å²) in [6.07, 6.45) is 5.05. The standard InChI is InChI=1S/C15H12N6O2/c1-22-10-2-3-13-12(8-10)11(4-5-16-13)15-18-14(19-23-15)9-21-7-6-17-20-21/h2-8H,9H2,1H3. The van der Waals surface area contributed by atoms with Crippen LogP contribution in [0.25, 0.3) is 22.4 Å². The van der Waals surface area contributed by atoms with Crippen molar-refractivity contribution in [1.82, 2.24) is 30.1 Å². The molecule has 0 spiro atoms. The predicted molar refractivity (Wildman–Crippen MR) is 80.7 cm³/mol. The Bertz CT molecular complexity index is 948. The number of methoxy groups -OCH3 is 1. The van der Waals surface area contributed by atoms with Gasteiger partial charge in [-0.25, -0.2) is 4.68 Å². The van der Waals surface area contributed by atoms with Crippen LogP contribution in [-0.2, 0) is 6.54 Å². The molecule has 1 aromatic carbocycles. The summed E-state index contributed by atoms with van der Waals surface area (Å²) in [5.74, 6) is 1.70. The van der Waals surface area contributed by atoms with E-state index in [1.54, 1.807) is 30.4 Å². The largest absolute Gasteiger partial charge is 0.497 e. The van der Waals surface area contributed by atoms with Crippen molar-refractivity contribution < 1.29 is 9.26 Å². The maximum Gasteiger partial charge on any atom is 0.258 e. The van der Waals surface area contributed by atoms with E-state index in [4.69, 9.17) is 9.26 Å². The van der Waals surface area contributed by atoms with Crippen LogP contribution >= 0.6 is 0 Å². The molecule has 114 valence electrons. The fourth-order valence-corrected chi connectivity index (χ4v) is 2.33. The second-order valence-electron chi connectivity index (χ2n) is 4.86. The number of fused-ring (bicyclic) bond motifs is 1. The van der Waals surface area contributed by atoms with Crippen LogP contribution < -0.4 is 4.74 Å². The number of hydrogen-bond donors (Lipinski definition) is 0. The Morgan fingerprint density at radius 1 is 1.22 bits per heavy atom. The molecule has 0 fully saturated rings. The van der Waals surface area contributed by atoms with Gasteiger partial charge in [-0.05, 0) is 24.3 Å². The van der Waals surface area contributed by atoms with Gasteiger partial charge in [0.25, 0.3) is 5.89 Å². The van der Waals surface area contributed by atoms with Crippen LogP contribution in [0.3, 0.4) is 0 Å². The van der Waals surface area contributed by atoms with E-state index in [0.717, 1.165) is 22.2 Å². The summed E-state index contributed by atoms with van der Waals surface area (Å²) in [5, 5.41) is 12.5. The Hall–Kier alpha value is -3.29. The number of pyridine rings is 1. The molecule has 4 rings (SSSR count). The van der Waals surface area contributed by atoms with E-state index in [1.165, 1.54) is 0 Å². The average Bonchev–Trinajstić information content (AvgIpc) is 3.26. The van der Waals surface area contributed by atoms with E-state index >= 15 is 0 Å². The molecule has 0 saturated carbocycles. The molecule has 0 unspecified atom stereocenters. The molecule has 0 N–H and O–H groups in total. The van der Waals surface area contributed by atoms with Crippen LogP contribution in [0.15, 0.2) is 47.4 Å². The van der Waals surface area contributed by atoms with Gasteiger partial charge in [-0.15, -0.1) is 5.10 Å². The molecule has 0 aliphatic heterocycles. The highest BCUT2D eigenvalue weighted by Gasteiger charge is 2.13. The van der Waals surface area contributed by atoms with E-state index < -0.39 is 0 Å².